The lowest BCUT2D eigenvalue weighted by molar-refractivity contribution is 0.462. The van der Waals surface area contributed by atoms with Gasteiger partial charge in [-0.2, -0.15) is 0 Å². The average molecular weight is 280 g/mol. The second-order valence-electron chi connectivity index (χ2n) is 4.39. The van der Waals surface area contributed by atoms with Crippen LogP contribution in [0.2, 0.25) is 5.02 Å². The third kappa shape index (κ3) is 3.14. The Hall–Kier alpha value is -0.830. The summed E-state index contributed by atoms with van der Waals surface area (Å²) in [4.78, 5) is 1.39. The number of benzene rings is 1. The molecule has 2 rings (SSSR count). The van der Waals surface area contributed by atoms with Gasteiger partial charge in [0.25, 0.3) is 0 Å². The summed E-state index contributed by atoms with van der Waals surface area (Å²) in [6.07, 6.45) is 1.08. The maximum atomic E-state index is 6.23. The molecule has 1 heterocycles. The first kappa shape index (κ1) is 13.6. The van der Waals surface area contributed by atoms with Gasteiger partial charge in [0.1, 0.15) is 0 Å². The van der Waals surface area contributed by atoms with E-state index in [1.807, 2.05) is 18.2 Å². The molecule has 0 amide bonds. The van der Waals surface area contributed by atoms with Gasteiger partial charge in [0, 0.05) is 22.0 Å². The Morgan fingerprint density at radius 2 is 2.00 bits per heavy atom. The Labute approximate surface area is 118 Å². The van der Waals surface area contributed by atoms with Crippen LogP contribution in [-0.4, -0.2) is 0 Å². The summed E-state index contributed by atoms with van der Waals surface area (Å²) in [5.41, 5.74) is 1.16. The lowest BCUT2D eigenvalue weighted by Crippen LogP contribution is -2.23. The first-order valence-corrected chi connectivity index (χ1v) is 7.52. The summed E-state index contributed by atoms with van der Waals surface area (Å²) in [5, 5.41) is 6.61. The molecule has 2 atom stereocenters. The quantitative estimate of drug-likeness (QED) is 0.793. The lowest BCUT2D eigenvalue weighted by atomic mass is 10.1. The summed E-state index contributed by atoms with van der Waals surface area (Å²) in [6, 6.07) is 13.0. The van der Waals surface area contributed by atoms with Crippen molar-refractivity contribution in [3.8, 4) is 0 Å². The molecule has 1 nitrogen and oxygen atoms in total. The highest BCUT2D eigenvalue weighted by Gasteiger charge is 2.15. The number of halogens is 1. The van der Waals surface area contributed by atoms with Crippen LogP contribution in [0.25, 0.3) is 0 Å². The Morgan fingerprint density at radius 3 is 2.61 bits per heavy atom. The van der Waals surface area contributed by atoms with E-state index in [1.165, 1.54) is 4.88 Å². The summed E-state index contributed by atoms with van der Waals surface area (Å²) >= 11 is 8.03. The van der Waals surface area contributed by atoms with Gasteiger partial charge < -0.3 is 5.32 Å². The van der Waals surface area contributed by atoms with Crippen LogP contribution in [0.5, 0.6) is 0 Å². The molecule has 18 heavy (non-hydrogen) atoms. The Balaban J connectivity index is 2.11. The first-order chi connectivity index (χ1) is 8.72. The largest absolute Gasteiger partial charge is 0.303 e. The predicted molar refractivity (Wildman–Crippen MR) is 80.4 cm³/mol. The molecular formula is C15H18ClNS. The molecule has 1 aromatic carbocycles. The molecule has 3 heteroatoms. The van der Waals surface area contributed by atoms with Crippen molar-refractivity contribution in [3.05, 3.63) is 57.2 Å². The Bertz CT molecular complexity index is 481. The molecular weight excluding hydrogens is 262 g/mol. The van der Waals surface area contributed by atoms with Crippen molar-refractivity contribution in [1.29, 1.82) is 0 Å². The molecule has 0 aliphatic heterocycles. The molecule has 96 valence electrons. The van der Waals surface area contributed by atoms with Crippen LogP contribution >= 0.6 is 22.9 Å². The molecule has 0 aliphatic carbocycles. The maximum Gasteiger partial charge on any atom is 0.0453 e. The van der Waals surface area contributed by atoms with Crippen molar-refractivity contribution in [3.63, 3.8) is 0 Å². The van der Waals surface area contributed by atoms with Crippen molar-refractivity contribution in [2.24, 2.45) is 0 Å². The fraction of sp³-hybridized carbons (Fsp3) is 0.333. The number of nitrogens with one attached hydrogen (secondary N) is 1. The van der Waals surface area contributed by atoms with Gasteiger partial charge in [-0.15, -0.1) is 11.3 Å². The van der Waals surface area contributed by atoms with E-state index in [0.717, 1.165) is 17.0 Å². The van der Waals surface area contributed by atoms with E-state index < -0.39 is 0 Å². The van der Waals surface area contributed by atoms with E-state index in [0.29, 0.717) is 6.04 Å². The minimum Gasteiger partial charge on any atom is -0.303 e. The van der Waals surface area contributed by atoms with E-state index in [1.54, 1.807) is 11.3 Å². The molecule has 0 bridgehead atoms. The normalized spacial score (nSPS) is 14.4. The number of thiophene rings is 1. The second kappa shape index (κ2) is 6.37. The topological polar surface area (TPSA) is 12.0 Å². The zero-order chi connectivity index (χ0) is 13.0. The van der Waals surface area contributed by atoms with Gasteiger partial charge in [0.15, 0.2) is 0 Å². The monoisotopic (exact) mass is 279 g/mol. The Morgan fingerprint density at radius 1 is 1.22 bits per heavy atom. The summed E-state index contributed by atoms with van der Waals surface area (Å²) in [5.74, 6) is 0. The summed E-state index contributed by atoms with van der Waals surface area (Å²) < 4.78 is 0. The van der Waals surface area contributed by atoms with Gasteiger partial charge in [-0.05, 0) is 36.4 Å². The van der Waals surface area contributed by atoms with Crippen LogP contribution in [-0.2, 0) is 0 Å². The summed E-state index contributed by atoms with van der Waals surface area (Å²) in [7, 11) is 0. The molecule has 0 saturated heterocycles. The standard InChI is InChI=1S/C15H18ClNS/c1-3-14(15-9-6-10-18-15)17-11(2)12-7-4-5-8-13(12)16/h4-11,14,17H,3H2,1-2H3/t11-,14?/m1/s1. The van der Waals surface area contributed by atoms with E-state index in [-0.39, 0.29) is 6.04 Å². The maximum absolute atomic E-state index is 6.23. The third-order valence-corrected chi connectivity index (χ3v) is 4.45. The molecule has 0 saturated carbocycles. The second-order valence-corrected chi connectivity index (χ2v) is 5.77. The highest BCUT2D eigenvalue weighted by molar-refractivity contribution is 7.10. The van der Waals surface area contributed by atoms with Crippen LogP contribution in [0.4, 0.5) is 0 Å². The van der Waals surface area contributed by atoms with Gasteiger partial charge in [0.05, 0.1) is 0 Å². The van der Waals surface area contributed by atoms with Gasteiger partial charge in [-0.1, -0.05) is 42.8 Å². The Kier molecular flexibility index (Phi) is 4.81. The van der Waals surface area contributed by atoms with Crippen LogP contribution in [0, 0.1) is 0 Å². The molecule has 0 spiro atoms. The van der Waals surface area contributed by atoms with Gasteiger partial charge in [-0.25, -0.2) is 0 Å². The molecule has 0 fully saturated rings. The fourth-order valence-electron chi connectivity index (χ4n) is 2.11. The van der Waals surface area contributed by atoms with Crippen molar-refractivity contribution in [2.45, 2.75) is 32.4 Å². The zero-order valence-electron chi connectivity index (χ0n) is 10.7. The molecule has 1 N–H and O–H groups in total. The SMILES string of the molecule is CCC(N[C@H](C)c1ccccc1Cl)c1cccs1. The average Bonchev–Trinajstić information content (AvgIpc) is 2.90. The van der Waals surface area contributed by atoms with Crippen molar-refractivity contribution >= 4 is 22.9 Å². The van der Waals surface area contributed by atoms with Crippen LogP contribution in [0.1, 0.15) is 42.8 Å². The van der Waals surface area contributed by atoms with Crippen LogP contribution in [0.15, 0.2) is 41.8 Å². The third-order valence-electron chi connectivity index (χ3n) is 3.12. The van der Waals surface area contributed by atoms with Gasteiger partial charge >= 0.3 is 0 Å². The van der Waals surface area contributed by atoms with Crippen molar-refractivity contribution in [2.75, 3.05) is 0 Å². The number of hydrogen-bond donors (Lipinski definition) is 1. The minimum atomic E-state index is 0.255. The zero-order valence-corrected chi connectivity index (χ0v) is 12.3. The molecule has 0 aliphatic rings. The summed E-state index contributed by atoms with van der Waals surface area (Å²) in [6.45, 7) is 4.37. The van der Waals surface area contributed by atoms with E-state index >= 15 is 0 Å². The number of hydrogen-bond acceptors (Lipinski definition) is 2. The molecule has 0 radical (unpaired) electrons. The molecule has 2 aromatic rings. The first-order valence-electron chi connectivity index (χ1n) is 6.26. The van der Waals surface area contributed by atoms with Gasteiger partial charge in [-0.3, -0.25) is 0 Å². The highest BCUT2D eigenvalue weighted by atomic mass is 35.5. The van der Waals surface area contributed by atoms with E-state index in [4.69, 9.17) is 11.6 Å². The van der Waals surface area contributed by atoms with Crippen molar-refractivity contribution < 1.29 is 0 Å². The minimum absolute atomic E-state index is 0.255. The molecule has 1 aromatic heterocycles. The fourth-order valence-corrected chi connectivity index (χ4v) is 3.28. The highest BCUT2D eigenvalue weighted by Crippen LogP contribution is 2.28. The van der Waals surface area contributed by atoms with Crippen LogP contribution in [0.3, 0.4) is 0 Å². The number of rotatable bonds is 5. The van der Waals surface area contributed by atoms with Crippen LogP contribution < -0.4 is 5.32 Å². The molecule has 1 unspecified atom stereocenters. The lowest BCUT2D eigenvalue weighted by Gasteiger charge is -2.22. The van der Waals surface area contributed by atoms with Crippen molar-refractivity contribution in [1.82, 2.24) is 5.32 Å². The predicted octanol–water partition coefficient (Wildman–Crippen LogP) is 5.20. The van der Waals surface area contributed by atoms with Gasteiger partial charge in [0.2, 0.25) is 0 Å². The van der Waals surface area contributed by atoms with E-state index in [2.05, 4.69) is 42.7 Å². The van der Waals surface area contributed by atoms with E-state index in [9.17, 15) is 0 Å². The smallest absolute Gasteiger partial charge is 0.0453 e.